The van der Waals surface area contributed by atoms with Gasteiger partial charge >= 0.3 is 6.03 Å². The van der Waals surface area contributed by atoms with E-state index in [-0.39, 0.29) is 10.5 Å². The van der Waals surface area contributed by atoms with E-state index < -0.39 is 22.0 Å². The molecule has 0 atom stereocenters. The zero-order chi connectivity index (χ0) is 18.4. The summed E-state index contributed by atoms with van der Waals surface area (Å²) in [6.45, 7) is 0. The molecule has 3 amide bonds. The third-order valence-electron chi connectivity index (χ3n) is 3.08. The number of nitrogens with two attached hydrogens (primary N) is 1. The van der Waals surface area contributed by atoms with Crippen molar-refractivity contribution >= 4 is 27.6 Å². The molecule has 9 nitrogen and oxygen atoms in total. The molecule has 0 unspecified atom stereocenters. The lowest BCUT2D eigenvalue weighted by Gasteiger charge is -2.10. The summed E-state index contributed by atoms with van der Waals surface area (Å²) < 4.78 is 27.3. The van der Waals surface area contributed by atoms with E-state index >= 15 is 0 Å². The van der Waals surface area contributed by atoms with Gasteiger partial charge in [-0.25, -0.2) is 18.4 Å². The minimum Gasteiger partial charge on any atom is -0.497 e. The molecule has 0 aliphatic rings. The number of urea groups is 1. The largest absolute Gasteiger partial charge is 0.497 e. The van der Waals surface area contributed by atoms with E-state index in [4.69, 9.17) is 9.88 Å². The third-order valence-corrected chi connectivity index (χ3v) is 4.01. The zero-order valence-electron chi connectivity index (χ0n) is 13.1. The minimum absolute atomic E-state index is 0.0582. The van der Waals surface area contributed by atoms with Crippen LogP contribution in [0.15, 0.2) is 53.4 Å². The number of imide groups is 1. The molecule has 2 aromatic carbocycles. The Hall–Kier alpha value is -3.11. The van der Waals surface area contributed by atoms with Crippen molar-refractivity contribution in [3.63, 3.8) is 0 Å². The lowest BCUT2D eigenvalue weighted by atomic mass is 10.2. The first-order valence-corrected chi connectivity index (χ1v) is 8.48. The first-order valence-electron chi connectivity index (χ1n) is 6.94. The average molecular weight is 364 g/mol. The van der Waals surface area contributed by atoms with Crippen molar-refractivity contribution in [3.05, 3.63) is 54.1 Å². The monoisotopic (exact) mass is 364 g/mol. The number of methoxy groups -OCH3 is 1. The molecule has 0 spiro atoms. The van der Waals surface area contributed by atoms with Gasteiger partial charge in [-0.05, 0) is 48.5 Å². The summed E-state index contributed by atoms with van der Waals surface area (Å²) in [7, 11) is -2.28. The number of carbonyl (C=O) groups excluding carboxylic acids is 2. The summed E-state index contributed by atoms with van der Waals surface area (Å²) in [4.78, 5) is 23.5. The SMILES string of the molecule is COc1ccc(C(=O)NC(=O)NNc2ccc(S(N)(=O)=O)cc2)cc1. The van der Waals surface area contributed by atoms with Crippen LogP contribution in [0.5, 0.6) is 5.75 Å². The molecule has 0 fully saturated rings. The fourth-order valence-electron chi connectivity index (χ4n) is 1.81. The molecule has 10 heteroatoms. The smallest absolute Gasteiger partial charge is 0.340 e. The third kappa shape index (κ3) is 5.19. The van der Waals surface area contributed by atoms with Crippen LogP contribution in [0.4, 0.5) is 10.5 Å². The Balaban J connectivity index is 1.88. The van der Waals surface area contributed by atoms with E-state index in [1.165, 1.54) is 43.5 Å². The number of sulfonamides is 1. The molecule has 0 aliphatic heterocycles. The second-order valence-electron chi connectivity index (χ2n) is 4.83. The Labute approximate surface area is 144 Å². The van der Waals surface area contributed by atoms with Crippen molar-refractivity contribution in [2.75, 3.05) is 12.5 Å². The Kier molecular flexibility index (Phi) is 5.57. The van der Waals surface area contributed by atoms with Crippen LogP contribution in [0.1, 0.15) is 10.4 Å². The summed E-state index contributed by atoms with van der Waals surface area (Å²) in [5.41, 5.74) is 5.47. The van der Waals surface area contributed by atoms with Crippen molar-refractivity contribution in [3.8, 4) is 5.75 Å². The molecule has 0 aromatic heterocycles. The van der Waals surface area contributed by atoms with Crippen molar-refractivity contribution in [2.24, 2.45) is 5.14 Å². The van der Waals surface area contributed by atoms with Crippen LogP contribution in [-0.2, 0) is 10.0 Å². The van der Waals surface area contributed by atoms with Crippen molar-refractivity contribution in [1.82, 2.24) is 10.7 Å². The van der Waals surface area contributed by atoms with Gasteiger partial charge in [0, 0.05) is 5.56 Å². The number of amides is 3. The second kappa shape index (κ2) is 7.64. The number of benzene rings is 2. The van der Waals surface area contributed by atoms with Crippen LogP contribution >= 0.6 is 0 Å². The molecule has 132 valence electrons. The molecular formula is C15H16N4O5S. The second-order valence-corrected chi connectivity index (χ2v) is 6.39. The molecule has 0 saturated carbocycles. The minimum atomic E-state index is -3.78. The van der Waals surface area contributed by atoms with Crippen LogP contribution in [-0.4, -0.2) is 27.5 Å². The molecule has 2 aromatic rings. The Morgan fingerprint density at radius 2 is 1.60 bits per heavy atom. The summed E-state index contributed by atoms with van der Waals surface area (Å²) in [5.74, 6) is -0.00265. The fraction of sp³-hybridized carbons (Fsp3) is 0.0667. The van der Waals surface area contributed by atoms with E-state index in [0.717, 1.165) is 0 Å². The lowest BCUT2D eigenvalue weighted by Crippen LogP contribution is -2.42. The van der Waals surface area contributed by atoms with Gasteiger partial charge in [0.2, 0.25) is 10.0 Å². The Morgan fingerprint density at radius 3 is 2.12 bits per heavy atom. The van der Waals surface area contributed by atoms with E-state index in [9.17, 15) is 18.0 Å². The summed E-state index contributed by atoms with van der Waals surface area (Å²) in [6.07, 6.45) is 0. The summed E-state index contributed by atoms with van der Waals surface area (Å²) >= 11 is 0. The molecule has 25 heavy (non-hydrogen) atoms. The normalized spacial score (nSPS) is 10.6. The van der Waals surface area contributed by atoms with Gasteiger partial charge in [-0.15, -0.1) is 0 Å². The average Bonchev–Trinajstić information content (AvgIpc) is 2.59. The zero-order valence-corrected chi connectivity index (χ0v) is 14.0. The summed E-state index contributed by atoms with van der Waals surface area (Å²) in [6, 6.07) is 10.8. The molecule has 0 aliphatic carbocycles. The summed E-state index contributed by atoms with van der Waals surface area (Å²) in [5, 5.41) is 7.12. The highest BCUT2D eigenvalue weighted by Gasteiger charge is 2.10. The molecule has 2 rings (SSSR count). The molecule has 5 N–H and O–H groups in total. The van der Waals surface area contributed by atoms with Gasteiger partial charge in [-0.3, -0.25) is 21.0 Å². The highest BCUT2D eigenvalue weighted by atomic mass is 32.2. The molecular weight excluding hydrogens is 348 g/mol. The topological polar surface area (TPSA) is 140 Å². The van der Waals surface area contributed by atoms with E-state index in [0.29, 0.717) is 11.4 Å². The van der Waals surface area contributed by atoms with Crippen LogP contribution in [0.2, 0.25) is 0 Å². The maximum Gasteiger partial charge on any atom is 0.340 e. The number of hydrogen-bond acceptors (Lipinski definition) is 6. The number of hydrogen-bond donors (Lipinski definition) is 4. The highest BCUT2D eigenvalue weighted by Crippen LogP contribution is 2.12. The number of carbonyl (C=O) groups is 2. The Bertz CT molecular complexity index is 864. The van der Waals surface area contributed by atoms with Crippen LogP contribution in [0, 0.1) is 0 Å². The van der Waals surface area contributed by atoms with Gasteiger partial charge in [-0.1, -0.05) is 0 Å². The van der Waals surface area contributed by atoms with Crippen molar-refractivity contribution in [2.45, 2.75) is 4.90 Å². The number of nitrogens with one attached hydrogen (secondary N) is 3. The molecule has 0 heterocycles. The van der Waals surface area contributed by atoms with E-state index in [2.05, 4.69) is 16.2 Å². The van der Waals surface area contributed by atoms with Crippen LogP contribution < -0.4 is 26.0 Å². The number of primary sulfonamides is 1. The maximum atomic E-state index is 11.9. The first kappa shape index (κ1) is 18.2. The molecule has 0 bridgehead atoms. The lowest BCUT2D eigenvalue weighted by molar-refractivity contribution is 0.0964. The number of rotatable bonds is 5. The van der Waals surface area contributed by atoms with Crippen LogP contribution in [0.3, 0.4) is 0 Å². The fourth-order valence-corrected chi connectivity index (χ4v) is 2.32. The maximum absolute atomic E-state index is 11.9. The quantitative estimate of drug-likeness (QED) is 0.579. The van der Waals surface area contributed by atoms with Crippen molar-refractivity contribution < 1.29 is 22.7 Å². The van der Waals surface area contributed by atoms with E-state index in [1.807, 2.05) is 0 Å². The van der Waals surface area contributed by atoms with Gasteiger partial charge < -0.3 is 4.74 Å². The van der Waals surface area contributed by atoms with Crippen molar-refractivity contribution in [1.29, 1.82) is 0 Å². The van der Waals surface area contributed by atoms with E-state index in [1.54, 1.807) is 12.1 Å². The van der Waals surface area contributed by atoms with Crippen LogP contribution in [0.25, 0.3) is 0 Å². The number of anilines is 1. The van der Waals surface area contributed by atoms with Gasteiger partial charge in [0.25, 0.3) is 5.91 Å². The van der Waals surface area contributed by atoms with Gasteiger partial charge in [0.15, 0.2) is 0 Å². The Morgan fingerprint density at radius 1 is 1.00 bits per heavy atom. The van der Waals surface area contributed by atoms with Gasteiger partial charge in [-0.2, -0.15) is 0 Å². The molecule has 0 radical (unpaired) electrons. The highest BCUT2D eigenvalue weighted by molar-refractivity contribution is 7.89. The standard InChI is InChI=1S/C15H16N4O5S/c1-24-12-6-2-10(3-7-12)14(20)17-15(21)19-18-11-4-8-13(9-5-11)25(16,22)23/h2-9,18H,1H3,(H2,16,22,23)(H2,17,19,20,21). The predicted molar refractivity (Wildman–Crippen MR) is 90.4 cm³/mol. The predicted octanol–water partition coefficient (Wildman–Crippen LogP) is 0.809. The number of ether oxygens (including phenoxy) is 1. The first-order chi connectivity index (χ1) is 11.8. The van der Waals surface area contributed by atoms with Gasteiger partial charge in [0.1, 0.15) is 5.75 Å². The number of hydrazine groups is 1. The molecule has 0 saturated heterocycles. The van der Waals surface area contributed by atoms with Gasteiger partial charge in [0.05, 0.1) is 17.7 Å².